The van der Waals surface area contributed by atoms with E-state index < -0.39 is 5.41 Å². The van der Waals surface area contributed by atoms with Crippen molar-refractivity contribution in [2.24, 2.45) is 5.41 Å². The molecular formula is C16H19NO2. The van der Waals surface area contributed by atoms with Crippen molar-refractivity contribution < 1.29 is 9.59 Å². The highest BCUT2D eigenvalue weighted by Crippen LogP contribution is 2.26. The Balaban J connectivity index is 2.56. The number of hydrogen-bond acceptors (Lipinski definition) is 2. The van der Waals surface area contributed by atoms with Gasteiger partial charge in [-0.3, -0.25) is 9.36 Å². The van der Waals surface area contributed by atoms with Crippen LogP contribution in [0.4, 0.5) is 0 Å². The molecule has 0 fully saturated rings. The summed E-state index contributed by atoms with van der Waals surface area (Å²) >= 11 is 0. The third kappa shape index (κ3) is 2.60. The summed E-state index contributed by atoms with van der Waals surface area (Å²) in [5.74, 6) is 0.0704. The molecular weight excluding hydrogens is 238 g/mol. The van der Waals surface area contributed by atoms with Crippen LogP contribution in [0, 0.1) is 5.41 Å². The number of benzene rings is 1. The minimum atomic E-state index is -0.427. The highest BCUT2D eigenvalue weighted by Gasteiger charge is 2.25. The van der Waals surface area contributed by atoms with E-state index in [1.165, 1.54) is 0 Å². The number of carbonyl (C=O) groups is 2. The Hall–Kier alpha value is -1.90. The molecule has 0 aliphatic rings. The van der Waals surface area contributed by atoms with E-state index in [1.807, 2.05) is 51.2 Å². The van der Waals surface area contributed by atoms with Gasteiger partial charge in [0.2, 0.25) is 5.91 Å². The summed E-state index contributed by atoms with van der Waals surface area (Å²) in [4.78, 5) is 23.0. The van der Waals surface area contributed by atoms with Crippen LogP contribution in [-0.2, 0) is 11.2 Å². The fourth-order valence-corrected chi connectivity index (χ4v) is 2.19. The van der Waals surface area contributed by atoms with Gasteiger partial charge in [-0.1, -0.05) is 39.0 Å². The van der Waals surface area contributed by atoms with Crippen molar-refractivity contribution in [3.05, 3.63) is 36.0 Å². The van der Waals surface area contributed by atoms with E-state index in [0.29, 0.717) is 12.8 Å². The molecule has 19 heavy (non-hydrogen) atoms. The Labute approximate surface area is 113 Å². The summed E-state index contributed by atoms with van der Waals surface area (Å²) in [7, 11) is 0. The SMILES string of the molecule is CC(C)(C)C(=O)n1cc(CCC=O)c2ccccc21. The van der Waals surface area contributed by atoms with Gasteiger partial charge in [-0.25, -0.2) is 0 Å². The first-order valence-electron chi connectivity index (χ1n) is 6.52. The summed E-state index contributed by atoms with van der Waals surface area (Å²) in [5, 5.41) is 1.06. The number of para-hydroxylation sites is 1. The van der Waals surface area contributed by atoms with E-state index in [-0.39, 0.29) is 5.91 Å². The average Bonchev–Trinajstić information content (AvgIpc) is 2.73. The van der Waals surface area contributed by atoms with Gasteiger partial charge in [-0.15, -0.1) is 0 Å². The highest BCUT2D eigenvalue weighted by atomic mass is 16.2. The van der Waals surface area contributed by atoms with Gasteiger partial charge in [0.15, 0.2) is 0 Å². The number of aryl methyl sites for hydroxylation is 1. The Bertz CT molecular complexity index is 617. The summed E-state index contributed by atoms with van der Waals surface area (Å²) in [6, 6.07) is 7.84. The van der Waals surface area contributed by atoms with Gasteiger partial charge < -0.3 is 4.79 Å². The lowest BCUT2D eigenvalue weighted by Crippen LogP contribution is -2.26. The molecule has 0 atom stereocenters. The van der Waals surface area contributed by atoms with E-state index >= 15 is 0 Å². The first-order valence-corrected chi connectivity index (χ1v) is 6.52. The lowest BCUT2D eigenvalue weighted by molar-refractivity contribution is -0.107. The van der Waals surface area contributed by atoms with Crippen LogP contribution in [0.5, 0.6) is 0 Å². The second kappa shape index (κ2) is 5.00. The Kier molecular flexibility index (Phi) is 3.56. The maximum absolute atomic E-state index is 12.5. The predicted octanol–water partition coefficient (Wildman–Crippen LogP) is 3.46. The Morgan fingerprint density at radius 3 is 2.58 bits per heavy atom. The Morgan fingerprint density at radius 2 is 1.95 bits per heavy atom. The molecule has 3 nitrogen and oxygen atoms in total. The smallest absolute Gasteiger partial charge is 0.236 e. The number of fused-ring (bicyclic) bond motifs is 1. The quantitative estimate of drug-likeness (QED) is 0.790. The predicted molar refractivity (Wildman–Crippen MR) is 76.4 cm³/mol. The molecule has 2 rings (SSSR count). The van der Waals surface area contributed by atoms with Crippen LogP contribution >= 0.6 is 0 Å². The summed E-state index contributed by atoms with van der Waals surface area (Å²) in [5.41, 5.74) is 1.55. The molecule has 1 aromatic carbocycles. The fraction of sp³-hybridized carbons (Fsp3) is 0.375. The molecule has 0 radical (unpaired) electrons. The highest BCUT2D eigenvalue weighted by molar-refractivity contribution is 5.96. The van der Waals surface area contributed by atoms with Gasteiger partial charge in [0, 0.05) is 23.4 Å². The zero-order valence-corrected chi connectivity index (χ0v) is 11.6. The molecule has 1 heterocycles. The summed E-state index contributed by atoms with van der Waals surface area (Å²) in [6.45, 7) is 5.74. The molecule has 0 saturated carbocycles. The summed E-state index contributed by atoms with van der Waals surface area (Å²) in [6.07, 6.45) is 3.95. The van der Waals surface area contributed by atoms with Crippen molar-refractivity contribution in [1.82, 2.24) is 4.57 Å². The van der Waals surface area contributed by atoms with Crippen molar-refractivity contribution in [2.75, 3.05) is 0 Å². The zero-order chi connectivity index (χ0) is 14.0. The molecule has 0 unspecified atom stereocenters. The van der Waals surface area contributed by atoms with Crippen LogP contribution in [0.2, 0.25) is 0 Å². The lowest BCUT2D eigenvalue weighted by atomic mass is 9.95. The molecule has 100 valence electrons. The van der Waals surface area contributed by atoms with Crippen LogP contribution in [0.1, 0.15) is 37.6 Å². The zero-order valence-electron chi connectivity index (χ0n) is 11.6. The molecule has 1 aromatic heterocycles. The maximum Gasteiger partial charge on any atom is 0.236 e. The number of nitrogens with zero attached hydrogens (tertiary/aromatic N) is 1. The third-order valence-electron chi connectivity index (χ3n) is 3.19. The van der Waals surface area contributed by atoms with E-state index in [0.717, 1.165) is 22.8 Å². The molecule has 0 aliphatic carbocycles. The number of rotatable bonds is 3. The first kappa shape index (κ1) is 13.5. The lowest BCUT2D eigenvalue weighted by Gasteiger charge is -2.17. The second-order valence-corrected chi connectivity index (χ2v) is 5.80. The normalized spacial score (nSPS) is 11.7. The van der Waals surface area contributed by atoms with Gasteiger partial charge >= 0.3 is 0 Å². The maximum atomic E-state index is 12.5. The van der Waals surface area contributed by atoms with Crippen LogP contribution in [-0.4, -0.2) is 16.8 Å². The molecule has 0 amide bonds. The van der Waals surface area contributed by atoms with E-state index in [2.05, 4.69) is 0 Å². The number of aromatic nitrogens is 1. The third-order valence-corrected chi connectivity index (χ3v) is 3.19. The molecule has 3 heteroatoms. The van der Waals surface area contributed by atoms with Crippen LogP contribution < -0.4 is 0 Å². The van der Waals surface area contributed by atoms with E-state index in [1.54, 1.807) is 4.57 Å². The molecule has 2 aromatic rings. The van der Waals surface area contributed by atoms with Crippen LogP contribution in [0.15, 0.2) is 30.5 Å². The first-order chi connectivity index (χ1) is 8.95. The van der Waals surface area contributed by atoms with Crippen molar-refractivity contribution in [1.29, 1.82) is 0 Å². The topological polar surface area (TPSA) is 39.1 Å². The van der Waals surface area contributed by atoms with E-state index in [9.17, 15) is 9.59 Å². The van der Waals surface area contributed by atoms with Crippen molar-refractivity contribution in [3.63, 3.8) is 0 Å². The largest absolute Gasteiger partial charge is 0.303 e. The molecule has 0 bridgehead atoms. The molecule has 0 spiro atoms. The molecule has 0 N–H and O–H groups in total. The number of aldehydes is 1. The van der Waals surface area contributed by atoms with Crippen LogP contribution in [0.25, 0.3) is 10.9 Å². The number of carbonyl (C=O) groups excluding carboxylic acids is 2. The van der Waals surface area contributed by atoms with Gasteiger partial charge in [0.1, 0.15) is 6.29 Å². The monoisotopic (exact) mass is 257 g/mol. The van der Waals surface area contributed by atoms with Gasteiger partial charge in [-0.05, 0) is 18.1 Å². The standard InChI is InChI=1S/C16H19NO2/c1-16(2,3)15(19)17-11-12(7-6-10-18)13-8-4-5-9-14(13)17/h4-5,8-11H,6-7H2,1-3H3. The fourth-order valence-electron chi connectivity index (χ4n) is 2.19. The minimum absolute atomic E-state index is 0.0704. The summed E-state index contributed by atoms with van der Waals surface area (Å²) < 4.78 is 1.72. The van der Waals surface area contributed by atoms with Gasteiger partial charge in [0.05, 0.1) is 5.52 Å². The minimum Gasteiger partial charge on any atom is -0.303 e. The van der Waals surface area contributed by atoms with Gasteiger partial charge in [0.25, 0.3) is 0 Å². The molecule has 0 saturated heterocycles. The van der Waals surface area contributed by atoms with Crippen LogP contribution in [0.3, 0.4) is 0 Å². The average molecular weight is 257 g/mol. The van der Waals surface area contributed by atoms with Gasteiger partial charge in [-0.2, -0.15) is 0 Å². The van der Waals surface area contributed by atoms with Crippen molar-refractivity contribution in [3.8, 4) is 0 Å². The number of hydrogen-bond donors (Lipinski definition) is 0. The van der Waals surface area contributed by atoms with Crippen molar-refractivity contribution >= 4 is 23.1 Å². The Morgan fingerprint density at radius 1 is 1.26 bits per heavy atom. The second-order valence-electron chi connectivity index (χ2n) is 5.80. The van der Waals surface area contributed by atoms with Crippen molar-refractivity contribution in [2.45, 2.75) is 33.6 Å². The molecule has 0 aliphatic heterocycles. The van der Waals surface area contributed by atoms with E-state index in [4.69, 9.17) is 0 Å².